The lowest BCUT2D eigenvalue weighted by Gasteiger charge is -2.16. The molecule has 28 heavy (non-hydrogen) atoms. The van der Waals surface area contributed by atoms with Gasteiger partial charge in [0.1, 0.15) is 0 Å². The summed E-state index contributed by atoms with van der Waals surface area (Å²) in [6.45, 7) is 9.53. The molecule has 0 saturated heterocycles. The molecule has 148 valence electrons. The first-order chi connectivity index (χ1) is 13.4. The van der Waals surface area contributed by atoms with Crippen LogP contribution in [0, 0.1) is 33.0 Å². The van der Waals surface area contributed by atoms with Gasteiger partial charge in [-0.3, -0.25) is 9.78 Å². The van der Waals surface area contributed by atoms with Gasteiger partial charge in [-0.15, -0.1) is 9.78 Å². The first-order valence-corrected chi connectivity index (χ1v) is 8.95. The summed E-state index contributed by atoms with van der Waals surface area (Å²) in [6, 6.07) is 13.6. The zero-order chi connectivity index (χ0) is 20.5. The third-order valence-electron chi connectivity index (χ3n) is 4.00. The molecule has 0 spiro atoms. The third-order valence-corrected chi connectivity index (χ3v) is 4.00. The maximum Gasteiger partial charge on any atom is 0.373 e. The van der Waals surface area contributed by atoms with Crippen molar-refractivity contribution >= 4 is 11.9 Å². The molecule has 2 aromatic rings. The van der Waals surface area contributed by atoms with Crippen molar-refractivity contribution in [3.8, 4) is 0 Å². The maximum atomic E-state index is 12.1. The Morgan fingerprint density at radius 1 is 0.786 bits per heavy atom. The number of hydrogen-bond acceptors (Lipinski definition) is 6. The van der Waals surface area contributed by atoms with Crippen LogP contribution in [0.4, 0.5) is 0 Å². The monoisotopic (exact) mass is 384 g/mol. The summed E-state index contributed by atoms with van der Waals surface area (Å²) < 4.78 is 0. The van der Waals surface area contributed by atoms with Crippen LogP contribution in [0.2, 0.25) is 0 Å². The first-order valence-electron chi connectivity index (χ1n) is 8.95. The molecule has 0 aliphatic rings. The summed E-state index contributed by atoms with van der Waals surface area (Å²) in [7, 11) is 0. The summed E-state index contributed by atoms with van der Waals surface area (Å²) in [5.41, 5.74) is 2.68. The van der Waals surface area contributed by atoms with Gasteiger partial charge in [0, 0.05) is 6.42 Å². The molecule has 0 bridgehead atoms. The van der Waals surface area contributed by atoms with Crippen LogP contribution in [0.1, 0.15) is 51.6 Å². The third kappa shape index (κ3) is 6.79. The molecule has 0 heterocycles. The van der Waals surface area contributed by atoms with E-state index in [9.17, 15) is 9.59 Å². The molecule has 2 aromatic carbocycles. The van der Waals surface area contributed by atoms with E-state index in [1.54, 1.807) is 48.5 Å². The van der Waals surface area contributed by atoms with Gasteiger partial charge in [-0.2, -0.15) is 0 Å². The highest BCUT2D eigenvalue weighted by molar-refractivity contribution is 5.89. The zero-order valence-corrected chi connectivity index (χ0v) is 16.3. The van der Waals surface area contributed by atoms with Gasteiger partial charge in [-0.05, 0) is 44.0 Å². The second kappa shape index (κ2) is 10.6. The van der Waals surface area contributed by atoms with Gasteiger partial charge in [-0.1, -0.05) is 55.7 Å². The van der Waals surface area contributed by atoms with Gasteiger partial charge in [0.2, 0.25) is 0 Å². The van der Waals surface area contributed by atoms with Crippen LogP contribution in [0.15, 0.2) is 48.5 Å². The summed E-state index contributed by atoms with van der Waals surface area (Å²) >= 11 is 0. The van der Waals surface area contributed by atoms with E-state index < -0.39 is 11.9 Å². The number of benzene rings is 2. The van der Waals surface area contributed by atoms with Crippen LogP contribution in [-0.4, -0.2) is 11.9 Å². The van der Waals surface area contributed by atoms with E-state index in [-0.39, 0.29) is 18.6 Å². The fourth-order valence-corrected chi connectivity index (χ4v) is 2.11. The van der Waals surface area contributed by atoms with Gasteiger partial charge in [0.05, 0.1) is 11.1 Å². The van der Waals surface area contributed by atoms with Crippen molar-refractivity contribution in [2.24, 2.45) is 5.92 Å². The molecule has 0 aliphatic heterocycles. The average Bonchev–Trinajstić information content (AvgIpc) is 2.70. The number of hydrogen-bond donors (Lipinski definition) is 0. The molecule has 6 heteroatoms. The SMILES string of the molecule is [CH2]CC(C)C[C](OOC(=O)c1ccc(C)cc1)OOC(=O)c1ccc(C)cc1. The Morgan fingerprint density at radius 3 is 1.54 bits per heavy atom. The minimum Gasteiger partial charge on any atom is -0.289 e. The minimum absolute atomic E-state index is 0.0613. The van der Waals surface area contributed by atoms with Crippen molar-refractivity contribution < 1.29 is 29.1 Å². The largest absolute Gasteiger partial charge is 0.373 e. The molecular weight excluding hydrogens is 360 g/mol. The highest BCUT2D eigenvalue weighted by Crippen LogP contribution is 2.21. The molecule has 0 aromatic heterocycles. The van der Waals surface area contributed by atoms with E-state index in [2.05, 4.69) is 6.92 Å². The van der Waals surface area contributed by atoms with E-state index in [0.29, 0.717) is 17.5 Å². The Hall–Kier alpha value is -2.70. The quantitative estimate of drug-likeness (QED) is 0.451. The standard InChI is InChI=1S/C22H24O6/c1-5-15(2)14-20(25-27-21(23)18-10-6-16(3)7-11-18)26-28-22(24)19-12-8-17(4)9-13-19/h6-13,15H,1,5,14H2,2-4H3. The van der Waals surface area contributed by atoms with Crippen molar-refractivity contribution in [3.63, 3.8) is 0 Å². The van der Waals surface area contributed by atoms with Gasteiger partial charge in [0.15, 0.2) is 0 Å². The maximum absolute atomic E-state index is 12.1. The van der Waals surface area contributed by atoms with E-state index >= 15 is 0 Å². The highest BCUT2D eigenvalue weighted by Gasteiger charge is 2.23. The van der Waals surface area contributed by atoms with Crippen molar-refractivity contribution in [2.75, 3.05) is 0 Å². The predicted octanol–water partition coefficient (Wildman–Crippen LogP) is 4.92. The second-order valence-corrected chi connectivity index (χ2v) is 6.61. The molecule has 1 unspecified atom stereocenters. The Kier molecular flexibility index (Phi) is 8.17. The molecule has 2 rings (SSSR count). The second-order valence-electron chi connectivity index (χ2n) is 6.61. The van der Waals surface area contributed by atoms with Crippen LogP contribution >= 0.6 is 0 Å². The summed E-state index contributed by atoms with van der Waals surface area (Å²) in [6.07, 6.45) is 0.692. The van der Waals surface area contributed by atoms with Crippen LogP contribution in [0.5, 0.6) is 0 Å². The van der Waals surface area contributed by atoms with Gasteiger partial charge >= 0.3 is 18.2 Å². The van der Waals surface area contributed by atoms with Crippen molar-refractivity contribution in [3.05, 3.63) is 84.0 Å². The molecule has 0 fully saturated rings. The minimum atomic E-state index is -0.687. The Morgan fingerprint density at radius 2 is 1.18 bits per heavy atom. The fraction of sp³-hybridized carbons (Fsp3) is 0.273. The normalized spacial score (nSPS) is 11.9. The number of aryl methyl sites for hydroxylation is 2. The Labute approximate surface area is 165 Å². The van der Waals surface area contributed by atoms with Crippen LogP contribution in [-0.2, 0) is 19.6 Å². The molecule has 2 radical (unpaired) electrons. The summed E-state index contributed by atoms with van der Waals surface area (Å²) in [5, 5.41) is 0. The Balaban J connectivity index is 1.93. The van der Waals surface area contributed by atoms with Crippen molar-refractivity contribution in [1.29, 1.82) is 0 Å². The number of carbonyl (C=O) groups excluding carboxylic acids is 2. The molecule has 0 aliphatic carbocycles. The van der Waals surface area contributed by atoms with E-state index in [0.717, 1.165) is 11.1 Å². The first kappa shape index (κ1) is 21.6. The lowest BCUT2D eigenvalue weighted by Crippen LogP contribution is -2.18. The predicted molar refractivity (Wildman–Crippen MR) is 102 cm³/mol. The van der Waals surface area contributed by atoms with Crippen LogP contribution in [0.3, 0.4) is 0 Å². The summed E-state index contributed by atoms with van der Waals surface area (Å²) in [4.78, 5) is 43.8. The van der Waals surface area contributed by atoms with Crippen LogP contribution < -0.4 is 0 Å². The molecule has 6 nitrogen and oxygen atoms in total. The van der Waals surface area contributed by atoms with E-state index in [4.69, 9.17) is 19.6 Å². The topological polar surface area (TPSA) is 71.1 Å². The average molecular weight is 384 g/mol. The smallest absolute Gasteiger partial charge is 0.289 e. The van der Waals surface area contributed by atoms with Crippen LogP contribution in [0.25, 0.3) is 0 Å². The van der Waals surface area contributed by atoms with Gasteiger partial charge in [-0.25, -0.2) is 9.59 Å². The lowest BCUT2D eigenvalue weighted by molar-refractivity contribution is -0.365. The molecular formula is C22H24O6. The van der Waals surface area contributed by atoms with Gasteiger partial charge < -0.3 is 0 Å². The summed E-state index contributed by atoms with van der Waals surface area (Å²) in [5.74, 6) is -1.31. The molecule has 0 N–H and O–H groups in total. The zero-order valence-electron chi connectivity index (χ0n) is 16.3. The van der Waals surface area contributed by atoms with Crippen molar-refractivity contribution in [2.45, 2.75) is 33.6 Å². The Bertz CT molecular complexity index is 705. The van der Waals surface area contributed by atoms with E-state index in [1.807, 2.05) is 20.8 Å². The van der Waals surface area contributed by atoms with Gasteiger partial charge in [0.25, 0.3) is 0 Å². The van der Waals surface area contributed by atoms with Crippen molar-refractivity contribution in [1.82, 2.24) is 0 Å². The fourth-order valence-electron chi connectivity index (χ4n) is 2.11. The molecule has 0 saturated carbocycles. The number of carbonyl (C=O) groups is 2. The molecule has 1 atom stereocenters. The highest BCUT2D eigenvalue weighted by atomic mass is 17.3. The lowest BCUT2D eigenvalue weighted by atomic mass is 10.1. The number of rotatable bonds is 9. The molecule has 0 amide bonds. The van der Waals surface area contributed by atoms with E-state index in [1.165, 1.54) is 0 Å².